The van der Waals surface area contributed by atoms with E-state index in [1.165, 1.54) is 5.56 Å². The van der Waals surface area contributed by atoms with E-state index in [-0.39, 0.29) is 6.17 Å². The van der Waals surface area contributed by atoms with Crippen LogP contribution in [-0.4, -0.2) is 24.1 Å². The molecule has 0 saturated heterocycles. The van der Waals surface area contributed by atoms with Gasteiger partial charge in [-0.05, 0) is 45.4 Å². The summed E-state index contributed by atoms with van der Waals surface area (Å²) < 4.78 is 0. The number of rotatable bonds is 2. The molecule has 1 aromatic carbocycles. The molecule has 0 amide bonds. The average molecular weight is 259 g/mol. The summed E-state index contributed by atoms with van der Waals surface area (Å²) in [5.74, 6) is 1.48. The molecule has 5 nitrogen and oxygen atoms in total. The predicted molar refractivity (Wildman–Crippen MR) is 80.5 cm³/mol. The molecule has 0 bridgehead atoms. The minimum Gasteiger partial charge on any atom is -0.354 e. The number of aliphatic imine (C=N–C) groups is 2. The minimum atomic E-state index is -0.0881. The van der Waals surface area contributed by atoms with Gasteiger partial charge in [0, 0.05) is 11.7 Å². The van der Waals surface area contributed by atoms with E-state index in [0.717, 1.165) is 17.6 Å². The molecule has 1 aliphatic rings. The van der Waals surface area contributed by atoms with Gasteiger partial charge in [0.05, 0.1) is 0 Å². The van der Waals surface area contributed by atoms with Crippen LogP contribution in [0.25, 0.3) is 0 Å². The van der Waals surface area contributed by atoms with Gasteiger partial charge < -0.3 is 10.6 Å². The second-order valence-electron chi connectivity index (χ2n) is 5.01. The molecule has 1 atom stereocenters. The van der Waals surface area contributed by atoms with Crippen molar-refractivity contribution in [2.24, 2.45) is 9.98 Å². The van der Waals surface area contributed by atoms with Crippen LogP contribution < -0.4 is 16.0 Å². The third kappa shape index (κ3) is 3.98. The first-order valence-electron chi connectivity index (χ1n) is 6.56. The zero-order valence-electron chi connectivity index (χ0n) is 11.9. The number of nitrogens with one attached hydrogen (secondary N) is 3. The Balaban J connectivity index is 2.05. The lowest BCUT2D eigenvalue weighted by molar-refractivity contribution is 0.687. The molecular weight excluding hydrogens is 238 g/mol. The predicted octanol–water partition coefficient (Wildman–Crippen LogP) is 2.07. The molecule has 0 spiro atoms. The van der Waals surface area contributed by atoms with Crippen molar-refractivity contribution in [3.05, 3.63) is 29.8 Å². The molecule has 1 aromatic rings. The average Bonchev–Trinajstić information content (AvgIpc) is 2.26. The highest BCUT2D eigenvalue weighted by Crippen LogP contribution is 2.10. The summed E-state index contributed by atoms with van der Waals surface area (Å²) in [5, 5.41) is 9.69. The van der Waals surface area contributed by atoms with E-state index in [2.05, 4.69) is 58.8 Å². The van der Waals surface area contributed by atoms with Crippen molar-refractivity contribution >= 4 is 17.6 Å². The maximum Gasteiger partial charge on any atom is 0.204 e. The number of guanidine groups is 2. The minimum absolute atomic E-state index is 0.0881. The van der Waals surface area contributed by atoms with E-state index in [1.54, 1.807) is 0 Å². The van der Waals surface area contributed by atoms with Gasteiger partial charge in [-0.25, -0.2) is 9.98 Å². The summed E-state index contributed by atoms with van der Waals surface area (Å²) in [6.07, 6.45) is -0.0881. The van der Waals surface area contributed by atoms with E-state index >= 15 is 0 Å². The smallest absolute Gasteiger partial charge is 0.204 e. The first kappa shape index (κ1) is 13.4. The number of hydrogen-bond acceptors (Lipinski definition) is 5. The lowest BCUT2D eigenvalue weighted by atomic mass is 10.2. The molecule has 0 aliphatic carbocycles. The number of benzene rings is 1. The molecule has 1 aliphatic heterocycles. The number of anilines is 1. The maximum atomic E-state index is 4.43. The Bertz CT molecular complexity index is 504. The van der Waals surface area contributed by atoms with Crippen LogP contribution in [0.1, 0.15) is 26.3 Å². The van der Waals surface area contributed by atoms with E-state index < -0.39 is 0 Å². The van der Waals surface area contributed by atoms with Crippen molar-refractivity contribution in [2.75, 3.05) is 5.32 Å². The lowest BCUT2D eigenvalue weighted by Gasteiger charge is -2.22. The Morgan fingerprint density at radius 2 is 1.95 bits per heavy atom. The van der Waals surface area contributed by atoms with Crippen LogP contribution in [0.5, 0.6) is 0 Å². The molecular formula is C14H21N5. The second kappa shape index (κ2) is 5.73. The first-order chi connectivity index (χ1) is 9.02. The first-order valence-corrected chi connectivity index (χ1v) is 6.56. The van der Waals surface area contributed by atoms with Crippen LogP contribution in [0.3, 0.4) is 0 Å². The highest BCUT2D eigenvalue weighted by molar-refractivity contribution is 6.06. The second-order valence-corrected chi connectivity index (χ2v) is 5.01. The number of hydrogen-bond donors (Lipinski definition) is 3. The van der Waals surface area contributed by atoms with Gasteiger partial charge in [0.15, 0.2) is 5.96 Å². The fraction of sp³-hybridized carbons (Fsp3) is 0.429. The van der Waals surface area contributed by atoms with Gasteiger partial charge in [0.2, 0.25) is 5.96 Å². The van der Waals surface area contributed by atoms with Crippen LogP contribution in [-0.2, 0) is 0 Å². The SMILES string of the molecule is Cc1cccc(NC2=NC(C)N=C(NC(C)C)N2)c1. The summed E-state index contributed by atoms with van der Waals surface area (Å²) >= 11 is 0. The Kier molecular flexibility index (Phi) is 4.04. The molecule has 1 unspecified atom stereocenters. The van der Waals surface area contributed by atoms with Crippen molar-refractivity contribution < 1.29 is 0 Å². The van der Waals surface area contributed by atoms with Gasteiger partial charge in [0.1, 0.15) is 6.17 Å². The van der Waals surface area contributed by atoms with E-state index in [0.29, 0.717) is 6.04 Å². The standard InChI is InChI=1S/C14H21N5/c1-9(2)15-13-16-11(4)17-14(19-13)18-12-7-5-6-10(3)8-12/h5-9,11H,1-4H3,(H3,15,16,17,18,19). The number of aryl methyl sites for hydroxylation is 1. The highest BCUT2D eigenvalue weighted by Gasteiger charge is 2.13. The summed E-state index contributed by atoms with van der Waals surface area (Å²) in [7, 11) is 0. The topological polar surface area (TPSA) is 60.8 Å². The summed E-state index contributed by atoms with van der Waals surface area (Å²) in [6, 6.07) is 8.51. The molecule has 0 aromatic heterocycles. The Morgan fingerprint density at radius 3 is 2.63 bits per heavy atom. The monoisotopic (exact) mass is 259 g/mol. The molecule has 2 rings (SSSR count). The summed E-state index contributed by atoms with van der Waals surface area (Å²) in [6.45, 7) is 8.18. The normalized spacial score (nSPS) is 18.5. The maximum absolute atomic E-state index is 4.43. The fourth-order valence-corrected chi connectivity index (χ4v) is 1.85. The van der Waals surface area contributed by atoms with Crippen molar-refractivity contribution in [1.82, 2.24) is 10.6 Å². The Morgan fingerprint density at radius 1 is 1.21 bits per heavy atom. The van der Waals surface area contributed by atoms with Crippen molar-refractivity contribution in [2.45, 2.75) is 39.9 Å². The van der Waals surface area contributed by atoms with Crippen LogP contribution in [0, 0.1) is 6.92 Å². The van der Waals surface area contributed by atoms with Gasteiger partial charge in [-0.15, -0.1) is 0 Å². The molecule has 3 N–H and O–H groups in total. The van der Waals surface area contributed by atoms with Crippen molar-refractivity contribution in [3.63, 3.8) is 0 Å². The van der Waals surface area contributed by atoms with Gasteiger partial charge in [0.25, 0.3) is 0 Å². The summed E-state index contributed by atoms with van der Waals surface area (Å²) in [5.41, 5.74) is 2.23. The van der Waals surface area contributed by atoms with Crippen LogP contribution in [0.4, 0.5) is 5.69 Å². The van der Waals surface area contributed by atoms with E-state index in [1.807, 2.05) is 19.1 Å². The third-order valence-electron chi connectivity index (χ3n) is 2.57. The van der Waals surface area contributed by atoms with E-state index in [9.17, 15) is 0 Å². The fourth-order valence-electron chi connectivity index (χ4n) is 1.85. The van der Waals surface area contributed by atoms with Crippen molar-refractivity contribution in [3.8, 4) is 0 Å². The van der Waals surface area contributed by atoms with Crippen LogP contribution in [0.15, 0.2) is 34.3 Å². The molecule has 19 heavy (non-hydrogen) atoms. The third-order valence-corrected chi connectivity index (χ3v) is 2.57. The van der Waals surface area contributed by atoms with Crippen molar-refractivity contribution in [1.29, 1.82) is 0 Å². The molecule has 0 saturated carbocycles. The number of nitrogens with zero attached hydrogens (tertiary/aromatic N) is 2. The molecule has 0 radical (unpaired) electrons. The summed E-state index contributed by atoms with van der Waals surface area (Å²) in [4.78, 5) is 8.83. The van der Waals surface area contributed by atoms with Crippen LogP contribution >= 0.6 is 0 Å². The highest BCUT2D eigenvalue weighted by atomic mass is 15.3. The van der Waals surface area contributed by atoms with Gasteiger partial charge >= 0.3 is 0 Å². The van der Waals surface area contributed by atoms with Crippen LogP contribution in [0.2, 0.25) is 0 Å². The molecule has 0 fully saturated rings. The zero-order valence-corrected chi connectivity index (χ0v) is 11.9. The largest absolute Gasteiger partial charge is 0.354 e. The quantitative estimate of drug-likeness (QED) is 0.762. The molecule has 5 heteroatoms. The molecule has 1 heterocycles. The Hall–Kier alpha value is -2.04. The van der Waals surface area contributed by atoms with Gasteiger partial charge in [-0.1, -0.05) is 12.1 Å². The van der Waals surface area contributed by atoms with Gasteiger partial charge in [-0.2, -0.15) is 0 Å². The van der Waals surface area contributed by atoms with Gasteiger partial charge in [-0.3, -0.25) is 5.32 Å². The molecule has 102 valence electrons. The lowest BCUT2D eigenvalue weighted by Crippen LogP contribution is -2.49. The Labute approximate surface area is 114 Å². The zero-order chi connectivity index (χ0) is 13.8. The van der Waals surface area contributed by atoms with E-state index in [4.69, 9.17) is 0 Å².